The van der Waals surface area contributed by atoms with Crippen LogP contribution in [-0.2, 0) is 9.59 Å². The number of carbonyl (C=O) groups is 2. The molecule has 0 radical (unpaired) electrons. The number of nitrogens with zero attached hydrogens (tertiary/aromatic N) is 1. The summed E-state index contributed by atoms with van der Waals surface area (Å²) >= 11 is 0. The maximum atomic E-state index is 12.8. The van der Waals surface area contributed by atoms with Crippen LogP contribution >= 0.6 is 0 Å². The fourth-order valence-corrected chi connectivity index (χ4v) is 2.11. The molecule has 1 saturated heterocycles. The average Bonchev–Trinajstić information content (AvgIpc) is 2.61. The van der Waals surface area contributed by atoms with Crippen molar-refractivity contribution < 1.29 is 19.1 Å². The first-order chi connectivity index (χ1) is 8.49. The van der Waals surface area contributed by atoms with E-state index in [0.717, 1.165) is 0 Å². The quantitative estimate of drug-likeness (QED) is 0.821. The highest BCUT2D eigenvalue weighted by atomic mass is 19.1. The zero-order valence-electron chi connectivity index (χ0n) is 9.54. The Hall–Kier alpha value is -1.95. The van der Waals surface area contributed by atoms with Crippen LogP contribution in [0, 0.1) is 5.82 Å². The topological polar surface area (TPSA) is 83.6 Å². The van der Waals surface area contributed by atoms with Crippen molar-refractivity contribution in [3.05, 3.63) is 35.6 Å². The van der Waals surface area contributed by atoms with Crippen LogP contribution in [0.4, 0.5) is 4.39 Å². The van der Waals surface area contributed by atoms with Crippen LogP contribution < -0.4 is 5.73 Å². The molecule has 1 aliphatic rings. The van der Waals surface area contributed by atoms with Crippen LogP contribution in [0.5, 0.6) is 0 Å². The number of rotatable bonds is 3. The van der Waals surface area contributed by atoms with Crippen molar-refractivity contribution >= 4 is 11.9 Å². The molecule has 2 atom stereocenters. The summed E-state index contributed by atoms with van der Waals surface area (Å²) in [6.07, 6.45) is 0.144. The van der Waals surface area contributed by atoms with Crippen molar-refractivity contribution in [3.63, 3.8) is 0 Å². The molecule has 1 aromatic rings. The van der Waals surface area contributed by atoms with Crippen LogP contribution in [0.15, 0.2) is 24.3 Å². The van der Waals surface area contributed by atoms with Gasteiger partial charge in [-0.1, -0.05) is 12.1 Å². The molecule has 96 valence electrons. The van der Waals surface area contributed by atoms with Crippen LogP contribution in [0.3, 0.4) is 0 Å². The van der Waals surface area contributed by atoms with Gasteiger partial charge < -0.3 is 15.7 Å². The van der Waals surface area contributed by atoms with Gasteiger partial charge in [0, 0.05) is 19.0 Å². The molecule has 1 unspecified atom stereocenters. The number of aliphatic carboxylic acids is 1. The Balaban J connectivity index is 2.32. The molecule has 2 rings (SSSR count). The van der Waals surface area contributed by atoms with E-state index in [1.165, 1.54) is 29.2 Å². The third-order valence-corrected chi connectivity index (χ3v) is 2.92. The molecular weight excluding hydrogens is 239 g/mol. The third kappa shape index (κ3) is 2.33. The van der Waals surface area contributed by atoms with Gasteiger partial charge in [-0.05, 0) is 17.7 Å². The third-order valence-electron chi connectivity index (χ3n) is 2.92. The number of hydrogen-bond acceptors (Lipinski definition) is 3. The number of benzene rings is 1. The number of halogens is 1. The molecule has 6 heteroatoms. The molecule has 1 heterocycles. The van der Waals surface area contributed by atoms with E-state index in [0.29, 0.717) is 5.56 Å². The number of hydrogen-bond donors (Lipinski definition) is 2. The van der Waals surface area contributed by atoms with Crippen molar-refractivity contribution in [1.29, 1.82) is 0 Å². The Labute approximate surface area is 103 Å². The lowest BCUT2D eigenvalue weighted by atomic mass is 10.1. The molecule has 0 aliphatic carbocycles. The van der Waals surface area contributed by atoms with E-state index in [9.17, 15) is 19.1 Å². The van der Waals surface area contributed by atoms with Gasteiger partial charge in [0.15, 0.2) is 6.04 Å². The first-order valence-corrected chi connectivity index (χ1v) is 5.52. The minimum Gasteiger partial charge on any atom is -0.479 e. The fraction of sp³-hybridized carbons (Fsp3) is 0.333. The normalized spacial score (nSPS) is 21.1. The summed E-state index contributed by atoms with van der Waals surface area (Å²) in [4.78, 5) is 24.2. The smallest absolute Gasteiger partial charge is 0.331 e. The lowest BCUT2D eigenvalue weighted by Crippen LogP contribution is -2.36. The molecular formula is C12H13FN2O3. The van der Waals surface area contributed by atoms with Crippen LogP contribution in [-0.4, -0.2) is 34.5 Å². The number of carbonyl (C=O) groups excluding carboxylic acids is 1. The van der Waals surface area contributed by atoms with E-state index in [1.807, 2.05) is 0 Å². The minimum absolute atomic E-state index is 0.144. The molecule has 3 N–H and O–H groups in total. The summed E-state index contributed by atoms with van der Waals surface area (Å²) in [6, 6.07) is 3.63. The van der Waals surface area contributed by atoms with Gasteiger partial charge in [0.2, 0.25) is 5.91 Å². The van der Waals surface area contributed by atoms with E-state index in [2.05, 4.69) is 0 Å². The summed E-state index contributed by atoms with van der Waals surface area (Å²) in [6.45, 7) is 0.202. The number of amides is 1. The highest BCUT2D eigenvalue weighted by molar-refractivity contribution is 5.86. The molecule has 18 heavy (non-hydrogen) atoms. The Kier molecular flexibility index (Phi) is 3.29. The maximum Gasteiger partial charge on any atom is 0.331 e. The van der Waals surface area contributed by atoms with E-state index in [-0.39, 0.29) is 24.9 Å². The first-order valence-electron chi connectivity index (χ1n) is 5.52. The van der Waals surface area contributed by atoms with Gasteiger partial charge in [-0.15, -0.1) is 0 Å². The van der Waals surface area contributed by atoms with Crippen molar-refractivity contribution in [2.24, 2.45) is 5.73 Å². The Bertz CT molecular complexity index is 475. The zero-order chi connectivity index (χ0) is 13.3. The second kappa shape index (κ2) is 4.73. The first kappa shape index (κ1) is 12.5. The largest absolute Gasteiger partial charge is 0.479 e. The second-order valence-electron chi connectivity index (χ2n) is 4.30. The van der Waals surface area contributed by atoms with Gasteiger partial charge >= 0.3 is 5.97 Å². The Morgan fingerprint density at radius 3 is 2.50 bits per heavy atom. The number of nitrogens with two attached hydrogens (primary N) is 1. The molecule has 1 amide bonds. The molecule has 1 fully saturated rings. The fourth-order valence-electron chi connectivity index (χ4n) is 2.11. The minimum atomic E-state index is -1.15. The van der Waals surface area contributed by atoms with Crippen LogP contribution in [0.2, 0.25) is 0 Å². The van der Waals surface area contributed by atoms with E-state index >= 15 is 0 Å². The van der Waals surface area contributed by atoms with Crippen molar-refractivity contribution in [2.45, 2.75) is 18.5 Å². The summed E-state index contributed by atoms with van der Waals surface area (Å²) in [7, 11) is 0. The van der Waals surface area contributed by atoms with Crippen molar-refractivity contribution in [3.8, 4) is 0 Å². The van der Waals surface area contributed by atoms with Crippen molar-refractivity contribution in [2.75, 3.05) is 6.54 Å². The van der Waals surface area contributed by atoms with Gasteiger partial charge in [-0.3, -0.25) is 4.79 Å². The van der Waals surface area contributed by atoms with Gasteiger partial charge in [0.1, 0.15) is 5.82 Å². The maximum absolute atomic E-state index is 12.8. The molecule has 5 nitrogen and oxygen atoms in total. The zero-order valence-corrected chi connectivity index (χ0v) is 9.54. The van der Waals surface area contributed by atoms with E-state index in [1.54, 1.807) is 0 Å². The van der Waals surface area contributed by atoms with Gasteiger partial charge in [0.25, 0.3) is 0 Å². The predicted molar refractivity (Wildman–Crippen MR) is 61.1 cm³/mol. The van der Waals surface area contributed by atoms with E-state index in [4.69, 9.17) is 5.73 Å². The molecule has 0 aromatic heterocycles. The van der Waals surface area contributed by atoms with Gasteiger partial charge in [-0.2, -0.15) is 0 Å². The van der Waals surface area contributed by atoms with Crippen molar-refractivity contribution in [1.82, 2.24) is 4.90 Å². The monoisotopic (exact) mass is 252 g/mol. The highest BCUT2D eigenvalue weighted by Crippen LogP contribution is 2.26. The lowest BCUT2D eigenvalue weighted by molar-refractivity contribution is -0.148. The van der Waals surface area contributed by atoms with Crippen LogP contribution in [0.1, 0.15) is 18.0 Å². The average molecular weight is 252 g/mol. The summed E-state index contributed by atoms with van der Waals surface area (Å²) in [5, 5.41) is 9.23. The Morgan fingerprint density at radius 1 is 1.44 bits per heavy atom. The summed E-state index contributed by atoms with van der Waals surface area (Å²) in [5.41, 5.74) is 6.01. The number of likely N-dealkylation sites (tertiary alicyclic amines) is 1. The summed E-state index contributed by atoms with van der Waals surface area (Å²) in [5.74, 6) is -1.89. The summed E-state index contributed by atoms with van der Waals surface area (Å²) < 4.78 is 12.8. The molecule has 1 aromatic carbocycles. The van der Waals surface area contributed by atoms with E-state index < -0.39 is 17.8 Å². The number of carboxylic acid groups (broad SMARTS) is 1. The highest BCUT2D eigenvalue weighted by Gasteiger charge is 2.37. The predicted octanol–water partition coefficient (Wildman–Crippen LogP) is 0.511. The second-order valence-corrected chi connectivity index (χ2v) is 4.30. The Morgan fingerprint density at radius 2 is 2.06 bits per heavy atom. The van der Waals surface area contributed by atoms with Gasteiger partial charge in [-0.25, -0.2) is 9.18 Å². The molecule has 0 spiro atoms. The molecule has 1 aliphatic heterocycles. The molecule has 0 bridgehead atoms. The molecule has 0 saturated carbocycles. The van der Waals surface area contributed by atoms with Crippen LogP contribution in [0.25, 0.3) is 0 Å². The SMILES string of the molecule is NC1CC(=O)N([C@H](C(=O)O)c2ccc(F)cc2)C1. The number of carboxylic acids is 1. The van der Waals surface area contributed by atoms with Gasteiger partial charge in [0.05, 0.1) is 0 Å². The lowest BCUT2D eigenvalue weighted by Gasteiger charge is -2.24. The standard InChI is InChI=1S/C12H13FN2O3/c13-8-3-1-7(2-4-8)11(12(17)18)15-6-9(14)5-10(15)16/h1-4,9,11H,5-6,14H2,(H,17,18)/t9?,11-/m0/s1.